The van der Waals surface area contributed by atoms with Crippen LogP contribution in [0.4, 0.5) is 4.39 Å². The summed E-state index contributed by atoms with van der Waals surface area (Å²) in [5.41, 5.74) is 0.172. The van der Waals surface area contributed by atoms with Crippen molar-refractivity contribution < 1.29 is 18.5 Å². The Kier molecular flexibility index (Phi) is 6.67. The van der Waals surface area contributed by atoms with Gasteiger partial charge in [0.1, 0.15) is 22.8 Å². The van der Waals surface area contributed by atoms with E-state index in [2.05, 4.69) is 15.8 Å². The Morgan fingerprint density at radius 3 is 2.75 bits per heavy atom. The van der Waals surface area contributed by atoms with Gasteiger partial charge in [-0.05, 0) is 31.9 Å². The van der Waals surface area contributed by atoms with Crippen molar-refractivity contribution in [2.75, 3.05) is 6.54 Å². The number of aryl methyl sites for hydroxylation is 1. The molecule has 3 rings (SSSR count). The lowest BCUT2D eigenvalue weighted by Crippen LogP contribution is -2.38. The van der Waals surface area contributed by atoms with Crippen LogP contribution >= 0.6 is 11.6 Å². The largest absolute Gasteiger partial charge is 0.360 e. The molecule has 1 aromatic carbocycles. The van der Waals surface area contributed by atoms with Crippen molar-refractivity contribution in [2.24, 2.45) is 0 Å². The number of rotatable bonds is 6. The molecule has 0 bridgehead atoms. The third-order valence-corrected chi connectivity index (χ3v) is 5.21. The van der Waals surface area contributed by atoms with Crippen molar-refractivity contribution in [3.05, 3.63) is 40.4 Å². The number of aromatic nitrogens is 1. The number of halogens is 2. The lowest BCUT2D eigenvalue weighted by Gasteiger charge is -2.22. The highest BCUT2D eigenvalue weighted by molar-refractivity contribution is 6.33. The molecule has 0 atom stereocenters. The fourth-order valence-corrected chi connectivity index (χ4v) is 3.71. The number of carbonyl (C=O) groups is 2. The molecule has 2 N–H and O–H groups in total. The number of carbonyl (C=O) groups excluding carboxylic acids is 2. The smallest absolute Gasteiger partial charge is 0.257 e. The quantitative estimate of drug-likeness (QED) is 0.757. The molecule has 150 valence electrons. The Balaban J connectivity index is 1.62. The Morgan fingerprint density at radius 2 is 2.04 bits per heavy atom. The maximum atomic E-state index is 14.2. The molecule has 1 fully saturated rings. The van der Waals surface area contributed by atoms with Gasteiger partial charge in [-0.25, -0.2) is 4.39 Å². The second-order valence-corrected chi connectivity index (χ2v) is 7.37. The zero-order valence-corrected chi connectivity index (χ0v) is 16.4. The van der Waals surface area contributed by atoms with Gasteiger partial charge in [-0.2, -0.15) is 0 Å². The van der Waals surface area contributed by atoms with E-state index in [0.29, 0.717) is 0 Å². The second-order valence-electron chi connectivity index (χ2n) is 6.97. The van der Waals surface area contributed by atoms with Gasteiger partial charge in [-0.1, -0.05) is 42.1 Å². The van der Waals surface area contributed by atoms with E-state index in [4.69, 9.17) is 16.1 Å². The highest BCUT2D eigenvalue weighted by Gasteiger charge is 2.25. The van der Waals surface area contributed by atoms with Crippen LogP contribution in [0.1, 0.15) is 54.6 Å². The molecule has 1 aliphatic carbocycles. The van der Waals surface area contributed by atoms with Gasteiger partial charge in [0, 0.05) is 19.0 Å². The SMILES string of the molecule is Cc1onc(-c2c(F)cccc2Cl)c1C(=O)NCCC(=O)NC1CCCCC1. The number of nitrogens with zero attached hydrogens (tertiary/aromatic N) is 1. The van der Waals surface area contributed by atoms with Crippen LogP contribution in [0, 0.1) is 12.7 Å². The van der Waals surface area contributed by atoms with Crippen molar-refractivity contribution in [3.63, 3.8) is 0 Å². The average molecular weight is 408 g/mol. The van der Waals surface area contributed by atoms with Gasteiger partial charge in [-0.3, -0.25) is 9.59 Å². The van der Waals surface area contributed by atoms with Gasteiger partial charge in [0.2, 0.25) is 5.91 Å². The standard InChI is InChI=1S/C20H23ClFN3O3/c1-12-17(19(25-28-12)18-14(21)8-5-9-15(18)22)20(27)23-11-10-16(26)24-13-6-3-2-4-7-13/h5,8-9,13H,2-4,6-7,10-11H2,1H3,(H,23,27)(H,24,26). The fraction of sp³-hybridized carbons (Fsp3) is 0.450. The Morgan fingerprint density at radius 1 is 1.29 bits per heavy atom. The number of hydrogen-bond acceptors (Lipinski definition) is 4. The molecule has 6 nitrogen and oxygen atoms in total. The first-order valence-electron chi connectivity index (χ1n) is 9.45. The summed E-state index contributed by atoms with van der Waals surface area (Å²) in [5.74, 6) is -0.926. The summed E-state index contributed by atoms with van der Waals surface area (Å²) in [6, 6.07) is 4.45. The highest BCUT2D eigenvalue weighted by Crippen LogP contribution is 2.33. The van der Waals surface area contributed by atoms with Crippen LogP contribution in [0.2, 0.25) is 5.02 Å². The summed E-state index contributed by atoms with van der Waals surface area (Å²) < 4.78 is 19.3. The first kappa shape index (κ1) is 20.3. The summed E-state index contributed by atoms with van der Waals surface area (Å²) >= 11 is 6.08. The van der Waals surface area contributed by atoms with Crippen LogP contribution in [0.5, 0.6) is 0 Å². The monoisotopic (exact) mass is 407 g/mol. The molecule has 1 heterocycles. The predicted octanol–water partition coefficient (Wildman–Crippen LogP) is 4.01. The second kappa shape index (κ2) is 9.19. The predicted molar refractivity (Wildman–Crippen MR) is 104 cm³/mol. The summed E-state index contributed by atoms with van der Waals surface area (Å²) in [4.78, 5) is 24.7. The fourth-order valence-electron chi connectivity index (χ4n) is 3.46. The van der Waals surface area contributed by atoms with Crippen molar-refractivity contribution in [3.8, 4) is 11.3 Å². The maximum absolute atomic E-state index is 14.2. The molecule has 28 heavy (non-hydrogen) atoms. The molecule has 0 radical (unpaired) electrons. The molecular weight excluding hydrogens is 385 g/mol. The number of benzene rings is 1. The number of nitrogens with one attached hydrogen (secondary N) is 2. The van der Waals surface area contributed by atoms with E-state index in [9.17, 15) is 14.0 Å². The number of amides is 2. The molecule has 2 aromatic rings. The molecule has 2 amide bonds. The van der Waals surface area contributed by atoms with E-state index >= 15 is 0 Å². The summed E-state index contributed by atoms with van der Waals surface area (Å²) in [6.07, 6.45) is 5.67. The van der Waals surface area contributed by atoms with Crippen molar-refractivity contribution in [2.45, 2.75) is 51.5 Å². The molecule has 0 spiro atoms. The Labute approximate surface area is 167 Å². The van der Waals surface area contributed by atoms with Crippen LogP contribution in [0.15, 0.2) is 22.7 Å². The third kappa shape index (κ3) is 4.70. The first-order valence-corrected chi connectivity index (χ1v) is 9.83. The molecule has 0 unspecified atom stereocenters. The van der Waals surface area contributed by atoms with Crippen LogP contribution in [0.25, 0.3) is 11.3 Å². The van der Waals surface area contributed by atoms with Gasteiger partial charge in [0.25, 0.3) is 5.91 Å². The van der Waals surface area contributed by atoms with Gasteiger partial charge in [0.05, 0.1) is 10.6 Å². The molecule has 8 heteroatoms. The molecule has 1 aromatic heterocycles. The lowest BCUT2D eigenvalue weighted by atomic mass is 9.95. The molecule has 0 saturated heterocycles. The van der Waals surface area contributed by atoms with Gasteiger partial charge >= 0.3 is 0 Å². The Bertz CT molecular complexity index is 842. The number of hydrogen-bond donors (Lipinski definition) is 2. The maximum Gasteiger partial charge on any atom is 0.257 e. The Hall–Kier alpha value is -2.41. The highest BCUT2D eigenvalue weighted by atomic mass is 35.5. The molecule has 1 saturated carbocycles. The minimum atomic E-state index is -0.596. The first-order chi connectivity index (χ1) is 13.5. The van der Waals surface area contributed by atoms with Crippen LogP contribution in [-0.4, -0.2) is 29.6 Å². The van der Waals surface area contributed by atoms with Gasteiger partial charge in [0.15, 0.2) is 0 Å². The summed E-state index contributed by atoms with van der Waals surface area (Å²) in [6.45, 7) is 1.72. The van der Waals surface area contributed by atoms with E-state index in [1.54, 1.807) is 6.92 Å². The molecule has 0 aliphatic heterocycles. The van der Waals surface area contributed by atoms with E-state index in [1.165, 1.54) is 24.6 Å². The van der Waals surface area contributed by atoms with Crippen LogP contribution < -0.4 is 10.6 Å². The normalized spacial score (nSPS) is 14.7. The van der Waals surface area contributed by atoms with E-state index in [0.717, 1.165) is 25.7 Å². The summed E-state index contributed by atoms with van der Waals surface area (Å²) in [5, 5.41) is 9.62. The van der Waals surface area contributed by atoms with Crippen molar-refractivity contribution >= 4 is 23.4 Å². The van der Waals surface area contributed by atoms with Gasteiger partial charge < -0.3 is 15.2 Å². The zero-order chi connectivity index (χ0) is 20.1. The van der Waals surface area contributed by atoms with E-state index in [-0.39, 0.29) is 52.5 Å². The third-order valence-electron chi connectivity index (χ3n) is 4.90. The summed E-state index contributed by atoms with van der Waals surface area (Å²) in [7, 11) is 0. The van der Waals surface area contributed by atoms with Crippen LogP contribution in [0.3, 0.4) is 0 Å². The minimum Gasteiger partial charge on any atom is -0.360 e. The van der Waals surface area contributed by atoms with Gasteiger partial charge in [-0.15, -0.1) is 0 Å². The van der Waals surface area contributed by atoms with Crippen molar-refractivity contribution in [1.82, 2.24) is 15.8 Å². The molecule has 1 aliphatic rings. The van der Waals surface area contributed by atoms with Crippen LogP contribution in [-0.2, 0) is 4.79 Å². The minimum absolute atomic E-state index is 0.0150. The van der Waals surface area contributed by atoms with Crippen molar-refractivity contribution in [1.29, 1.82) is 0 Å². The topological polar surface area (TPSA) is 84.2 Å². The van der Waals surface area contributed by atoms with E-state index in [1.807, 2.05) is 0 Å². The molecular formula is C20H23ClFN3O3. The average Bonchev–Trinajstić information content (AvgIpc) is 3.03. The zero-order valence-electron chi connectivity index (χ0n) is 15.7. The lowest BCUT2D eigenvalue weighted by molar-refractivity contribution is -0.121. The van der Waals surface area contributed by atoms with E-state index < -0.39 is 11.7 Å².